The summed E-state index contributed by atoms with van der Waals surface area (Å²) in [6.45, 7) is 2.72. The minimum atomic E-state index is -0.150. The highest BCUT2D eigenvalue weighted by molar-refractivity contribution is 6.01. The van der Waals surface area contributed by atoms with Crippen LogP contribution in [0.1, 0.15) is 13.3 Å². The van der Waals surface area contributed by atoms with E-state index in [4.69, 9.17) is 0 Å². The molecule has 0 saturated heterocycles. The molecule has 1 aromatic heterocycles. The van der Waals surface area contributed by atoms with Crippen molar-refractivity contribution in [3.05, 3.63) is 30.5 Å². The van der Waals surface area contributed by atoms with Gasteiger partial charge in [0, 0.05) is 30.7 Å². The Labute approximate surface area is 101 Å². The molecule has 2 N–H and O–H groups in total. The van der Waals surface area contributed by atoms with Gasteiger partial charge in [-0.15, -0.1) is 0 Å². The molecule has 2 aromatic rings. The Morgan fingerprint density at radius 1 is 1.35 bits per heavy atom. The first-order valence-corrected chi connectivity index (χ1v) is 5.81. The van der Waals surface area contributed by atoms with Crippen LogP contribution in [0.2, 0.25) is 0 Å². The fourth-order valence-corrected chi connectivity index (χ4v) is 1.85. The van der Waals surface area contributed by atoms with Gasteiger partial charge in [-0.2, -0.15) is 0 Å². The average molecular weight is 231 g/mol. The first kappa shape index (κ1) is 11.5. The number of anilines is 1. The number of hydrogen-bond acceptors (Lipinski definition) is 1. The number of aryl methyl sites for hydroxylation is 1. The van der Waals surface area contributed by atoms with Crippen LogP contribution in [0.25, 0.3) is 10.9 Å². The predicted octanol–water partition coefficient (Wildman–Crippen LogP) is 2.71. The molecule has 90 valence electrons. The summed E-state index contributed by atoms with van der Waals surface area (Å²) in [5.41, 5.74) is 1.95. The molecule has 0 aliphatic carbocycles. The van der Waals surface area contributed by atoms with Crippen LogP contribution in [-0.4, -0.2) is 17.1 Å². The second-order valence-corrected chi connectivity index (χ2v) is 4.05. The first-order valence-electron chi connectivity index (χ1n) is 5.81. The highest BCUT2D eigenvalue weighted by Gasteiger charge is 2.08. The number of nitrogens with one attached hydrogen (secondary N) is 2. The van der Waals surface area contributed by atoms with Crippen LogP contribution in [0.15, 0.2) is 30.5 Å². The van der Waals surface area contributed by atoms with E-state index in [-0.39, 0.29) is 6.03 Å². The Morgan fingerprint density at radius 3 is 2.88 bits per heavy atom. The summed E-state index contributed by atoms with van der Waals surface area (Å²) >= 11 is 0. The first-order chi connectivity index (χ1) is 8.22. The van der Waals surface area contributed by atoms with Crippen LogP contribution in [0.5, 0.6) is 0 Å². The summed E-state index contributed by atoms with van der Waals surface area (Å²) < 4.78 is 2.00. The molecule has 17 heavy (non-hydrogen) atoms. The van der Waals surface area contributed by atoms with E-state index in [2.05, 4.69) is 10.6 Å². The lowest BCUT2D eigenvalue weighted by Gasteiger charge is -2.04. The molecule has 0 spiro atoms. The summed E-state index contributed by atoms with van der Waals surface area (Å²) in [5.74, 6) is 0. The molecule has 0 bridgehead atoms. The topological polar surface area (TPSA) is 46.1 Å². The fourth-order valence-electron chi connectivity index (χ4n) is 1.85. The minimum Gasteiger partial charge on any atom is -0.348 e. The second kappa shape index (κ2) is 4.91. The van der Waals surface area contributed by atoms with E-state index < -0.39 is 0 Å². The summed E-state index contributed by atoms with van der Waals surface area (Å²) in [6.07, 6.45) is 2.86. The molecule has 0 aliphatic heterocycles. The van der Waals surface area contributed by atoms with Crippen molar-refractivity contribution >= 4 is 22.6 Å². The van der Waals surface area contributed by atoms with Crippen molar-refractivity contribution in [2.24, 2.45) is 7.05 Å². The molecule has 1 heterocycles. The fraction of sp³-hybridized carbons (Fsp3) is 0.308. The van der Waals surface area contributed by atoms with E-state index in [9.17, 15) is 4.79 Å². The van der Waals surface area contributed by atoms with Gasteiger partial charge in [-0.25, -0.2) is 4.79 Å². The van der Waals surface area contributed by atoms with Gasteiger partial charge < -0.3 is 15.2 Å². The average Bonchev–Trinajstić information content (AvgIpc) is 2.65. The van der Waals surface area contributed by atoms with Gasteiger partial charge in [0.2, 0.25) is 0 Å². The maximum atomic E-state index is 11.6. The Kier molecular flexibility index (Phi) is 3.32. The second-order valence-electron chi connectivity index (χ2n) is 4.05. The smallest absolute Gasteiger partial charge is 0.319 e. The van der Waals surface area contributed by atoms with Gasteiger partial charge >= 0.3 is 6.03 Å². The molecule has 0 atom stereocenters. The zero-order valence-electron chi connectivity index (χ0n) is 10.2. The van der Waals surface area contributed by atoms with Crippen molar-refractivity contribution in [3.8, 4) is 0 Å². The summed E-state index contributed by atoms with van der Waals surface area (Å²) in [7, 11) is 1.97. The summed E-state index contributed by atoms with van der Waals surface area (Å²) in [5, 5.41) is 6.72. The van der Waals surface area contributed by atoms with E-state index in [1.165, 1.54) is 0 Å². The molecule has 2 rings (SSSR count). The SMILES string of the molecule is CCCNC(=O)Nc1cn(C)c2ccccc12. The number of para-hydroxylation sites is 1. The molecular weight excluding hydrogens is 214 g/mol. The van der Waals surface area contributed by atoms with E-state index in [0.717, 1.165) is 23.0 Å². The monoisotopic (exact) mass is 231 g/mol. The number of aromatic nitrogens is 1. The predicted molar refractivity (Wildman–Crippen MR) is 70.2 cm³/mol. The van der Waals surface area contributed by atoms with Crippen molar-refractivity contribution in [2.75, 3.05) is 11.9 Å². The number of nitrogens with zero attached hydrogens (tertiary/aromatic N) is 1. The van der Waals surface area contributed by atoms with Gasteiger partial charge in [0.05, 0.1) is 5.69 Å². The van der Waals surface area contributed by atoms with Crippen LogP contribution in [0.4, 0.5) is 10.5 Å². The summed E-state index contributed by atoms with van der Waals surface area (Å²) in [4.78, 5) is 11.6. The van der Waals surface area contributed by atoms with Crippen LogP contribution in [0.3, 0.4) is 0 Å². The molecule has 2 amide bonds. The number of amides is 2. The number of carbonyl (C=O) groups excluding carboxylic acids is 1. The van der Waals surface area contributed by atoms with Gasteiger partial charge in [-0.1, -0.05) is 25.1 Å². The van der Waals surface area contributed by atoms with Crippen molar-refractivity contribution in [3.63, 3.8) is 0 Å². The van der Waals surface area contributed by atoms with Gasteiger partial charge in [0.25, 0.3) is 0 Å². The lowest BCUT2D eigenvalue weighted by Crippen LogP contribution is -2.29. The Hall–Kier alpha value is -1.97. The number of carbonyl (C=O) groups is 1. The highest BCUT2D eigenvalue weighted by atomic mass is 16.2. The van der Waals surface area contributed by atoms with Gasteiger partial charge in [0.15, 0.2) is 0 Å². The van der Waals surface area contributed by atoms with Crippen molar-refractivity contribution < 1.29 is 4.79 Å². The number of benzene rings is 1. The van der Waals surface area contributed by atoms with E-state index in [1.807, 2.05) is 49.0 Å². The molecular formula is C13H17N3O. The Balaban J connectivity index is 2.21. The third-order valence-electron chi connectivity index (χ3n) is 2.68. The van der Waals surface area contributed by atoms with Crippen molar-refractivity contribution in [1.29, 1.82) is 0 Å². The molecule has 0 saturated carbocycles. The zero-order valence-corrected chi connectivity index (χ0v) is 10.2. The van der Waals surface area contributed by atoms with E-state index in [0.29, 0.717) is 6.54 Å². The number of urea groups is 1. The van der Waals surface area contributed by atoms with Gasteiger partial charge in [-0.3, -0.25) is 0 Å². The van der Waals surface area contributed by atoms with Crippen molar-refractivity contribution in [2.45, 2.75) is 13.3 Å². The molecule has 0 fully saturated rings. The minimum absolute atomic E-state index is 0.150. The van der Waals surface area contributed by atoms with Crippen LogP contribution < -0.4 is 10.6 Å². The lowest BCUT2D eigenvalue weighted by atomic mass is 10.2. The third kappa shape index (κ3) is 2.41. The largest absolute Gasteiger partial charge is 0.348 e. The Bertz CT molecular complexity index is 530. The highest BCUT2D eigenvalue weighted by Crippen LogP contribution is 2.24. The molecule has 0 radical (unpaired) electrons. The third-order valence-corrected chi connectivity index (χ3v) is 2.68. The van der Waals surface area contributed by atoms with Crippen LogP contribution >= 0.6 is 0 Å². The molecule has 4 nitrogen and oxygen atoms in total. The maximum absolute atomic E-state index is 11.6. The Morgan fingerprint density at radius 2 is 2.12 bits per heavy atom. The number of hydrogen-bond donors (Lipinski definition) is 2. The molecule has 1 aromatic carbocycles. The normalized spacial score (nSPS) is 10.5. The number of rotatable bonds is 3. The van der Waals surface area contributed by atoms with E-state index in [1.54, 1.807) is 0 Å². The number of fused-ring (bicyclic) bond motifs is 1. The zero-order chi connectivity index (χ0) is 12.3. The van der Waals surface area contributed by atoms with Gasteiger partial charge in [-0.05, 0) is 12.5 Å². The van der Waals surface area contributed by atoms with Crippen molar-refractivity contribution in [1.82, 2.24) is 9.88 Å². The molecule has 4 heteroatoms. The summed E-state index contributed by atoms with van der Waals surface area (Å²) in [6, 6.07) is 7.85. The lowest BCUT2D eigenvalue weighted by molar-refractivity contribution is 0.252. The van der Waals surface area contributed by atoms with E-state index >= 15 is 0 Å². The van der Waals surface area contributed by atoms with Crippen LogP contribution in [-0.2, 0) is 7.05 Å². The van der Waals surface area contributed by atoms with Gasteiger partial charge in [0.1, 0.15) is 0 Å². The standard InChI is InChI=1S/C13H17N3O/c1-3-8-14-13(17)15-11-9-16(2)12-7-5-4-6-10(11)12/h4-7,9H,3,8H2,1-2H3,(H2,14,15,17). The molecule has 0 unspecified atom stereocenters. The van der Waals surface area contributed by atoms with Crippen LogP contribution in [0, 0.1) is 0 Å². The quantitative estimate of drug-likeness (QED) is 0.838. The maximum Gasteiger partial charge on any atom is 0.319 e. The molecule has 0 aliphatic rings.